The van der Waals surface area contributed by atoms with Gasteiger partial charge in [-0.05, 0) is 54.9 Å². The first-order chi connectivity index (χ1) is 8.61. The maximum absolute atomic E-state index is 13.9. The van der Waals surface area contributed by atoms with Crippen LogP contribution in [-0.4, -0.2) is 7.05 Å². The fourth-order valence-corrected chi connectivity index (χ4v) is 2.02. The van der Waals surface area contributed by atoms with Gasteiger partial charge in [-0.3, -0.25) is 0 Å². The monoisotopic (exact) mass is 247 g/mol. The molecule has 2 rings (SSSR count). The van der Waals surface area contributed by atoms with E-state index in [2.05, 4.69) is 5.32 Å². The zero-order chi connectivity index (χ0) is 13.1. The minimum atomic E-state index is -0.303. The maximum Gasteiger partial charge on any atom is 0.131 e. The summed E-state index contributed by atoms with van der Waals surface area (Å²) in [5.74, 6) is -0.590. The second-order valence-electron chi connectivity index (χ2n) is 4.30. The van der Waals surface area contributed by atoms with Crippen molar-refractivity contribution in [2.24, 2.45) is 0 Å². The molecule has 0 saturated heterocycles. The van der Waals surface area contributed by atoms with Gasteiger partial charge in [-0.25, -0.2) is 8.78 Å². The summed E-state index contributed by atoms with van der Waals surface area (Å²) < 4.78 is 26.9. The van der Waals surface area contributed by atoms with Crippen LogP contribution in [-0.2, 0) is 6.54 Å². The zero-order valence-corrected chi connectivity index (χ0v) is 10.4. The molecule has 0 heterocycles. The smallest absolute Gasteiger partial charge is 0.131 e. The van der Waals surface area contributed by atoms with Gasteiger partial charge >= 0.3 is 0 Å². The molecule has 2 aromatic rings. The van der Waals surface area contributed by atoms with Crippen LogP contribution in [0.1, 0.15) is 11.1 Å². The van der Waals surface area contributed by atoms with Crippen LogP contribution in [0.25, 0.3) is 11.1 Å². The minimum Gasteiger partial charge on any atom is -0.316 e. The molecule has 0 unspecified atom stereocenters. The number of rotatable bonds is 3. The molecule has 1 N–H and O–H groups in total. The molecule has 0 aliphatic heterocycles. The van der Waals surface area contributed by atoms with E-state index in [1.807, 2.05) is 7.05 Å². The summed E-state index contributed by atoms with van der Waals surface area (Å²) in [4.78, 5) is 0. The number of hydrogen-bond acceptors (Lipinski definition) is 1. The summed E-state index contributed by atoms with van der Waals surface area (Å²) in [5, 5.41) is 3.02. The number of aryl methyl sites for hydroxylation is 1. The maximum atomic E-state index is 13.9. The Hall–Kier alpha value is -1.74. The van der Waals surface area contributed by atoms with Crippen LogP contribution >= 0.6 is 0 Å². The zero-order valence-electron chi connectivity index (χ0n) is 10.4. The van der Waals surface area contributed by atoms with Crippen LogP contribution in [0.2, 0.25) is 0 Å². The molecule has 94 valence electrons. The normalized spacial score (nSPS) is 10.7. The molecule has 18 heavy (non-hydrogen) atoms. The largest absolute Gasteiger partial charge is 0.316 e. The van der Waals surface area contributed by atoms with Crippen LogP contribution < -0.4 is 5.32 Å². The standard InChI is InChI=1S/C15H15F2N/c1-10-7-12(16)4-5-13(10)14-8-11(9-18-2)3-6-15(14)17/h3-8,18H,9H2,1-2H3. The molecule has 0 bridgehead atoms. The number of nitrogens with one attached hydrogen (secondary N) is 1. The van der Waals surface area contributed by atoms with Crippen LogP contribution in [0.4, 0.5) is 8.78 Å². The molecule has 0 atom stereocenters. The molecule has 0 aliphatic rings. The van der Waals surface area contributed by atoms with E-state index in [1.54, 1.807) is 25.1 Å². The highest BCUT2D eigenvalue weighted by Gasteiger charge is 2.09. The molecule has 0 radical (unpaired) electrons. The third-order valence-corrected chi connectivity index (χ3v) is 2.89. The van der Waals surface area contributed by atoms with Gasteiger partial charge in [0.25, 0.3) is 0 Å². The highest BCUT2D eigenvalue weighted by Crippen LogP contribution is 2.27. The van der Waals surface area contributed by atoms with Crippen LogP contribution in [0, 0.1) is 18.6 Å². The van der Waals surface area contributed by atoms with Crippen molar-refractivity contribution in [2.75, 3.05) is 7.05 Å². The second-order valence-corrected chi connectivity index (χ2v) is 4.30. The molecule has 0 saturated carbocycles. The third-order valence-electron chi connectivity index (χ3n) is 2.89. The summed E-state index contributed by atoms with van der Waals surface area (Å²) in [6, 6.07) is 9.38. The highest BCUT2D eigenvalue weighted by molar-refractivity contribution is 5.68. The van der Waals surface area contributed by atoms with Crippen molar-refractivity contribution < 1.29 is 8.78 Å². The van der Waals surface area contributed by atoms with Crippen molar-refractivity contribution in [3.05, 3.63) is 59.2 Å². The summed E-state index contributed by atoms with van der Waals surface area (Å²) in [5.41, 5.74) is 2.97. The predicted octanol–water partition coefficient (Wildman–Crippen LogP) is 3.66. The van der Waals surface area contributed by atoms with Gasteiger partial charge in [-0.15, -0.1) is 0 Å². The summed E-state index contributed by atoms with van der Waals surface area (Å²) in [6.07, 6.45) is 0. The molecular weight excluding hydrogens is 232 g/mol. The van der Waals surface area contributed by atoms with Gasteiger partial charge in [0.15, 0.2) is 0 Å². The summed E-state index contributed by atoms with van der Waals surface area (Å²) in [6.45, 7) is 2.45. The molecule has 0 amide bonds. The lowest BCUT2D eigenvalue weighted by molar-refractivity contribution is 0.624. The Morgan fingerprint density at radius 2 is 1.78 bits per heavy atom. The lowest BCUT2D eigenvalue weighted by Gasteiger charge is -2.09. The quantitative estimate of drug-likeness (QED) is 0.872. The van der Waals surface area contributed by atoms with Gasteiger partial charge in [0.05, 0.1) is 0 Å². The Morgan fingerprint density at radius 3 is 2.44 bits per heavy atom. The Kier molecular flexibility index (Phi) is 3.72. The average molecular weight is 247 g/mol. The van der Waals surface area contributed by atoms with Crippen LogP contribution in [0.3, 0.4) is 0 Å². The molecule has 0 aliphatic carbocycles. The van der Waals surface area contributed by atoms with E-state index in [0.717, 1.165) is 16.7 Å². The van der Waals surface area contributed by atoms with Crippen molar-refractivity contribution in [2.45, 2.75) is 13.5 Å². The van der Waals surface area contributed by atoms with E-state index in [9.17, 15) is 8.78 Å². The third kappa shape index (κ3) is 2.57. The summed E-state index contributed by atoms with van der Waals surface area (Å²) >= 11 is 0. The van der Waals surface area contributed by atoms with Crippen molar-refractivity contribution in [1.29, 1.82) is 0 Å². The average Bonchev–Trinajstić information content (AvgIpc) is 2.33. The van der Waals surface area contributed by atoms with Crippen molar-refractivity contribution in [3.8, 4) is 11.1 Å². The van der Waals surface area contributed by atoms with E-state index in [0.29, 0.717) is 12.1 Å². The van der Waals surface area contributed by atoms with E-state index in [4.69, 9.17) is 0 Å². The number of halogens is 2. The van der Waals surface area contributed by atoms with Crippen molar-refractivity contribution in [1.82, 2.24) is 5.32 Å². The summed E-state index contributed by atoms with van der Waals surface area (Å²) in [7, 11) is 1.84. The minimum absolute atomic E-state index is 0.287. The van der Waals surface area contributed by atoms with Crippen LogP contribution in [0.5, 0.6) is 0 Å². The first-order valence-corrected chi connectivity index (χ1v) is 5.81. The molecule has 1 nitrogen and oxygen atoms in total. The SMILES string of the molecule is CNCc1ccc(F)c(-c2ccc(F)cc2C)c1. The molecule has 2 aromatic carbocycles. The van der Waals surface area contributed by atoms with E-state index in [1.165, 1.54) is 18.2 Å². The molecular formula is C15H15F2N. The molecule has 3 heteroatoms. The fourth-order valence-electron chi connectivity index (χ4n) is 2.02. The van der Waals surface area contributed by atoms with E-state index < -0.39 is 0 Å². The predicted molar refractivity (Wildman–Crippen MR) is 69.3 cm³/mol. The van der Waals surface area contributed by atoms with Crippen molar-refractivity contribution >= 4 is 0 Å². The van der Waals surface area contributed by atoms with Gasteiger partial charge in [-0.2, -0.15) is 0 Å². The van der Waals surface area contributed by atoms with Gasteiger partial charge < -0.3 is 5.32 Å². The first-order valence-electron chi connectivity index (χ1n) is 5.81. The van der Waals surface area contributed by atoms with Gasteiger partial charge in [0, 0.05) is 12.1 Å². The van der Waals surface area contributed by atoms with Crippen LogP contribution in [0.15, 0.2) is 36.4 Å². The Bertz CT molecular complexity index is 564. The Labute approximate surface area is 105 Å². The molecule has 0 fully saturated rings. The lowest BCUT2D eigenvalue weighted by Crippen LogP contribution is -2.05. The lowest BCUT2D eigenvalue weighted by atomic mass is 9.98. The Balaban J connectivity index is 2.51. The molecule has 0 aromatic heterocycles. The molecule has 0 spiro atoms. The van der Waals surface area contributed by atoms with Gasteiger partial charge in [0.1, 0.15) is 11.6 Å². The second kappa shape index (κ2) is 5.27. The Morgan fingerprint density at radius 1 is 1.00 bits per heavy atom. The topological polar surface area (TPSA) is 12.0 Å². The van der Waals surface area contributed by atoms with Gasteiger partial charge in [0.2, 0.25) is 0 Å². The van der Waals surface area contributed by atoms with E-state index in [-0.39, 0.29) is 11.6 Å². The van der Waals surface area contributed by atoms with Gasteiger partial charge in [-0.1, -0.05) is 12.1 Å². The highest BCUT2D eigenvalue weighted by atomic mass is 19.1. The fraction of sp³-hybridized carbons (Fsp3) is 0.200. The van der Waals surface area contributed by atoms with Crippen molar-refractivity contribution in [3.63, 3.8) is 0 Å². The first kappa shape index (κ1) is 12.7. The van der Waals surface area contributed by atoms with E-state index >= 15 is 0 Å². The number of benzene rings is 2. The number of hydrogen-bond donors (Lipinski definition) is 1.